The number of halogens is 1. The van der Waals surface area contributed by atoms with Crippen LogP contribution in [0.1, 0.15) is 30.1 Å². The van der Waals surface area contributed by atoms with E-state index in [2.05, 4.69) is 0 Å². The molecule has 8 heteroatoms. The molecule has 0 unspecified atom stereocenters. The van der Waals surface area contributed by atoms with Gasteiger partial charge < -0.3 is 10.6 Å². The molecule has 0 aliphatic carbocycles. The highest BCUT2D eigenvalue weighted by Crippen LogP contribution is 2.21. The van der Waals surface area contributed by atoms with E-state index in [9.17, 15) is 24.1 Å². The van der Waals surface area contributed by atoms with E-state index in [0.29, 0.717) is 6.42 Å². The topological polar surface area (TPSA) is 107 Å². The first kappa shape index (κ1) is 16.5. The number of amides is 2. The lowest BCUT2D eigenvalue weighted by atomic mass is 10.1. The molecule has 114 valence electrons. The van der Waals surface area contributed by atoms with Crippen molar-refractivity contribution in [3.63, 3.8) is 0 Å². The smallest absolute Gasteiger partial charge is 0.282 e. The zero-order valence-corrected chi connectivity index (χ0v) is 11.5. The molecular formula is C13H16FN3O4. The number of rotatable bonds is 7. The SMILES string of the molecule is CCCCN(CC(N)=O)C(=O)c1cc(F)ccc1[N+](=O)[O-]. The van der Waals surface area contributed by atoms with Crippen LogP contribution in [0, 0.1) is 15.9 Å². The number of nitro groups is 1. The Labute approximate surface area is 120 Å². The largest absolute Gasteiger partial charge is 0.368 e. The van der Waals surface area contributed by atoms with Crippen LogP contribution in [-0.2, 0) is 4.79 Å². The minimum Gasteiger partial charge on any atom is -0.368 e. The van der Waals surface area contributed by atoms with E-state index in [1.165, 1.54) is 0 Å². The molecule has 0 heterocycles. The van der Waals surface area contributed by atoms with E-state index >= 15 is 0 Å². The Hall–Kier alpha value is -2.51. The van der Waals surface area contributed by atoms with Crippen LogP contribution < -0.4 is 5.73 Å². The molecule has 1 aromatic carbocycles. The quantitative estimate of drug-likeness (QED) is 0.607. The van der Waals surface area contributed by atoms with Gasteiger partial charge in [-0.25, -0.2) is 4.39 Å². The summed E-state index contributed by atoms with van der Waals surface area (Å²) in [5.41, 5.74) is 4.17. The van der Waals surface area contributed by atoms with Gasteiger partial charge in [-0.2, -0.15) is 0 Å². The molecular weight excluding hydrogens is 281 g/mol. The van der Waals surface area contributed by atoms with Crippen LogP contribution in [0.25, 0.3) is 0 Å². The third-order valence-electron chi connectivity index (χ3n) is 2.80. The van der Waals surface area contributed by atoms with Crippen LogP contribution in [0.4, 0.5) is 10.1 Å². The summed E-state index contributed by atoms with van der Waals surface area (Å²) in [5, 5.41) is 10.9. The summed E-state index contributed by atoms with van der Waals surface area (Å²) in [6, 6.07) is 2.62. The molecule has 0 radical (unpaired) electrons. The van der Waals surface area contributed by atoms with Crippen LogP contribution in [0.3, 0.4) is 0 Å². The van der Waals surface area contributed by atoms with Crippen LogP contribution >= 0.6 is 0 Å². The predicted molar refractivity (Wildman–Crippen MR) is 73.1 cm³/mol. The number of primary amides is 1. The van der Waals surface area contributed by atoms with E-state index in [4.69, 9.17) is 5.73 Å². The van der Waals surface area contributed by atoms with E-state index < -0.39 is 33.8 Å². The molecule has 0 bridgehead atoms. The molecule has 0 atom stereocenters. The Bertz CT molecular complexity index is 562. The van der Waals surface area contributed by atoms with Gasteiger partial charge in [0.25, 0.3) is 11.6 Å². The van der Waals surface area contributed by atoms with Crippen molar-refractivity contribution in [2.75, 3.05) is 13.1 Å². The molecule has 0 saturated heterocycles. The molecule has 1 rings (SSSR count). The van der Waals surface area contributed by atoms with Gasteiger partial charge in [0.15, 0.2) is 0 Å². The summed E-state index contributed by atoms with van der Waals surface area (Å²) in [6.07, 6.45) is 1.36. The molecule has 21 heavy (non-hydrogen) atoms. The Balaban J connectivity index is 3.15. The van der Waals surface area contributed by atoms with Crippen LogP contribution in [0.15, 0.2) is 18.2 Å². The summed E-state index contributed by atoms with van der Waals surface area (Å²) in [7, 11) is 0. The average Bonchev–Trinajstić information content (AvgIpc) is 2.41. The van der Waals surface area contributed by atoms with Gasteiger partial charge >= 0.3 is 0 Å². The highest BCUT2D eigenvalue weighted by atomic mass is 19.1. The molecule has 1 aromatic rings. The van der Waals surface area contributed by atoms with Crippen LogP contribution in [0.2, 0.25) is 0 Å². The number of benzene rings is 1. The van der Waals surface area contributed by atoms with Gasteiger partial charge in [0.05, 0.1) is 11.5 Å². The first-order chi connectivity index (χ1) is 9.86. The molecule has 7 nitrogen and oxygen atoms in total. The van der Waals surface area contributed by atoms with Crippen LogP contribution in [0.5, 0.6) is 0 Å². The van der Waals surface area contributed by atoms with Crippen molar-refractivity contribution in [2.45, 2.75) is 19.8 Å². The fourth-order valence-electron chi connectivity index (χ4n) is 1.80. The number of nitrogens with zero attached hydrogens (tertiary/aromatic N) is 2. The Morgan fingerprint density at radius 3 is 2.62 bits per heavy atom. The minimum atomic E-state index is -0.784. The first-order valence-corrected chi connectivity index (χ1v) is 6.38. The van der Waals surface area contributed by atoms with Crippen molar-refractivity contribution in [3.05, 3.63) is 39.7 Å². The Morgan fingerprint density at radius 2 is 2.10 bits per heavy atom. The summed E-state index contributed by atoms with van der Waals surface area (Å²) in [6.45, 7) is 1.73. The van der Waals surface area contributed by atoms with Gasteiger partial charge in [0.1, 0.15) is 11.4 Å². The van der Waals surface area contributed by atoms with Crippen molar-refractivity contribution in [1.82, 2.24) is 4.90 Å². The Morgan fingerprint density at radius 1 is 1.43 bits per heavy atom. The third-order valence-corrected chi connectivity index (χ3v) is 2.80. The molecule has 0 aromatic heterocycles. The van der Waals surface area contributed by atoms with Gasteiger partial charge in [-0.1, -0.05) is 13.3 Å². The summed E-state index contributed by atoms with van der Waals surface area (Å²) >= 11 is 0. The predicted octanol–water partition coefficient (Wildman–Crippen LogP) is 1.46. The number of hydrogen-bond acceptors (Lipinski definition) is 4. The zero-order chi connectivity index (χ0) is 16.0. The van der Waals surface area contributed by atoms with Crippen molar-refractivity contribution in [3.8, 4) is 0 Å². The minimum absolute atomic E-state index is 0.214. The highest BCUT2D eigenvalue weighted by molar-refractivity contribution is 5.99. The second-order valence-corrected chi connectivity index (χ2v) is 4.47. The monoisotopic (exact) mass is 297 g/mol. The summed E-state index contributed by atoms with van der Waals surface area (Å²) < 4.78 is 13.3. The molecule has 2 amide bonds. The van der Waals surface area contributed by atoms with Gasteiger partial charge in [-0.3, -0.25) is 19.7 Å². The zero-order valence-electron chi connectivity index (χ0n) is 11.5. The lowest BCUT2D eigenvalue weighted by Gasteiger charge is -2.20. The lowest BCUT2D eigenvalue weighted by molar-refractivity contribution is -0.385. The maximum absolute atomic E-state index is 13.3. The van der Waals surface area contributed by atoms with Crippen molar-refractivity contribution >= 4 is 17.5 Å². The average molecular weight is 297 g/mol. The Kier molecular flexibility index (Phi) is 5.77. The molecule has 0 aliphatic heterocycles. The third kappa shape index (κ3) is 4.51. The number of hydrogen-bond donors (Lipinski definition) is 1. The maximum Gasteiger partial charge on any atom is 0.282 e. The second kappa shape index (κ2) is 7.32. The number of nitro benzene ring substituents is 1. The van der Waals surface area contributed by atoms with Crippen molar-refractivity contribution in [1.29, 1.82) is 0 Å². The normalized spacial score (nSPS) is 10.2. The van der Waals surface area contributed by atoms with Crippen molar-refractivity contribution in [2.24, 2.45) is 5.73 Å². The van der Waals surface area contributed by atoms with E-state index in [1.54, 1.807) is 0 Å². The molecule has 2 N–H and O–H groups in total. The van der Waals surface area contributed by atoms with Gasteiger partial charge in [-0.05, 0) is 18.6 Å². The number of unbranched alkanes of at least 4 members (excludes halogenated alkanes) is 1. The van der Waals surface area contributed by atoms with E-state index in [0.717, 1.165) is 29.5 Å². The van der Waals surface area contributed by atoms with E-state index in [1.807, 2.05) is 6.92 Å². The summed E-state index contributed by atoms with van der Waals surface area (Å²) in [4.78, 5) is 34.6. The summed E-state index contributed by atoms with van der Waals surface area (Å²) in [5.74, 6) is -2.29. The molecule has 0 spiro atoms. The van der Waals surface area contributed by atoms with Crippen LogP contribution in [-0.4, -0.2) is 34.7 Å². The number of carbonyl (C=O) groups is 2. The fraction of sp³-hybridized carbons (Fsp3) is 0.385. The van der Waals surface area contributed by atoms with Gasteiger partial charge in [0.2, 0.25) is 5.91 Å². The second-order valence-electron chi connectivity index (χ2n) is 4.47. The van der Waals surface area contributed by atoms with Gasteiger partial charge in [0, 0.05) is 12.6 Å². The molecule has 0 saturated carbocycles. The van der Waals surface area contributed by atoms with Crippen molar-refractivity contribution < 1.29 is 18.9 Å². The molecule has 0 fully saturated rings. The standard InChI is InChI=1S/C13H16FN3O4/c1-2-3-6-16(8-12(15)18)13(19)10-7-9(14)4-5-11(10)17(20)21/h4-5,7H,2-3,6,8H2,1H3,(H2,15,18). The number of carbonyl (C=O) groups excluding carboxylic acids is 2. The first-order valence-electron chi connectivity index (χ1n) is 6.38. The molecule has 0 aliphatic rings. The maximum atomic E-state index is 13.3. The van der Waals surface area contributed by atoms with E-state index in [-0.39, 0.29) is 13.1 Å². The fourth-order valence-corrected chi connectivity index (χ4v) is 1.80. The number of nitrogens with two attached hydrogens (primary N) is 1. The highest BCUT2D eigenvalue weighted by Gasteiger charge is 2.26. The van der Waals surface area contributed by atoms with Gasteiger partial charge in [-0.15, -0.1) is 0 Å². The lowest BCUT2D eigenvalue weighted by Crippen LogP contribution is -2.39.